The Labute approximate surface area is 117 Å². The molecule has 2 amide bonds. The standard InChI is InChI=1S/C12H12BrFN2O3/c13-7-3-4-8(14)9(6-7)15-12(19)16-5-1-2-10(16)11(17)18/h3-4,6,10H,1-2,5H2,(H,15,19)(H,17,18)/t10-/m0/s1. The lowest BCUT2D eigenvalue weighted by molar-refractivity contribution is -0.141. The number of carboxylic acids is 1. The van der Waals surface area contributed by atoms with Crippen molar-refractivity contribution >= 4 is 33.6 Å². The third-order valence-corrected chi connectivity index (χ3v) is 3.46. The maximum absolute atomic E-state index is 13.5. The molecule has 1 atom stereocenters. The number of amides is 2. The molecule has 2 rings (SSSR count). The summed E-state index contributed by atoms with van der Waals surface area (Å²) in [7, 11) is 0. The van der Waals surface area contributed by atoms with Crippen molar-refractivity contribution in [2.24, 2.45) is 0 Å². The number of urea groups is 1. The van der Waals surface area contributed by atoms with E-state index in [1.54, 1.807) is 0 Å². The Kier molecular flexibility index (Phi) is 4.04. The molecular formula is C12H12BrFN2O3. The summed E-state index contributed by atoms with van der Waals surface area (Å²) in [5.74, 6) is -1.61. The number of nitrogens with zero attached hydrogens (tertiary/aromatic N) is 1. The third-order valence-electron chi connectivity index (χ3n) is 2.97. The smallest absolute Gasteiger partial charge is 0.326 e. The SMILES string of the molecule is O=C(O)[C@@H]1CCCN1C(=O)Nc1cc(Br)ccc1F. The predicted molar refractivity (Wildman–Crippen MR) is 70.5 cm³/mol. The van der Waals surface area contributed by atoms with Gasteiger partial charge < -0.3 is 15.3 Å². The van der Waals surface area contributed by atoms with Crippen LogP contribution in [0.1, 0.15) is 12.8 Å². The van der Waals surface area contributed by atoms with E-state index in [-0.39, 0.29) is 5.69 Å². The van der Waals surface area contributed by atoms with E-state index in [1.165, 1.54) is 23.1 Å². The van der Waals surface area contributed by atoms with E-state index >= 15 is 0 Å². The molecular weight excluding hydrogens is 319 g/mol. The van der Waals surface area contributed by atoms with Crippen LogP contribution in [0.2, 0.25) is 0 Å². The molecule has 7 heteroatoms. The number of benzene rings is 1. The first kappa shape index (κ1) is 13.8. The van der Waals surface area contributed by atoms with E-state index in [9.17, 15) is 14.0 Å². The molecule has 1 heterocycles. The molecule has 102 valence electrons. The Morgan fingerprint density at radius 2 is 2.21 bits per heavy atom. The summed E-state index contributed by atoms with van der Waals surface area (Å²) in [5.41, 5.74) is 0.0235. The van der Waals surface area contributed by atoms with E-state index in [1.807, 2.05) is 0 Å². The van der Waals surface area contributed by atoms with Gasteiger partial charge in [0.25, 0.3) is 0 Å². The Hall–Kier alpha value is -1.63. The molecule has 0 spiro atoms. The van der Waals surface area contributed by atoms with Gasteiger partial charge in [-0.3, -0.25) is 0 Å². The Bertz CT molecular complexity index is 524. The van der Waals surface area contributed by atoms with Gasteiger partial charge in [0.2, 0.25) is 0 Å². The molecule has 1 aromatic carbocycles. The average Bonchev–Trinajstić information content (AvgIpc) is 2.83. The van der Waals surface area contributed by atoms with Crippen LogP contribution in [0.25, 0.3) is 0 Å². The summed E-state index contributed by atoms with van der Waals surface area (Å²) in [4.78, 5) is 24.2. The second kappa shape index (κ2) is 5.56. The van der Waals surface area contributed by atoms with Crippen LogP contribution >= 0.6 is 15.9 Å². The molecule has 2 N–H and O–H groups in total. The Balaban J connectivity index is 2.12. The van der Waals surface area contributed by atoms with Gasteiger partial charge in [-0.1, -0.05) is 15.9 Å². The van der Waals surface area contributed by atoms with E-state index in [0.717, 1.165) is 0 Å². The van der Waals surface area contributed by atoms with Gasteiger partial charge in [0, 0.05) is 11.0 Å². The second-order valence-corrected chi connectivity index (χ2v) is 5.16. The molecule has 5 nitrogen and oxygen atoms in total. The molecule has 1 saturated heterocycles. The topological polar surface area (TPSA) is 69.6 Å². The minimum Gasteiger partial charge on any atom is -0.480 e. The number of carbonyl (C=O) groups excluding carboxylic acids is 1. The number of rotatable bonds is 2. The zero-order valence-electron chi connectivity index (χ0n) is 9.90. The van der Waals surface area contributed by atoms with Gasteiger partial charge in [-0.05, 0) is 31.0 Å². The second-order valence-electron chi connectivity index (χ2n) is 4.24. The van der Waals surface area contributed by atoms with Crippen molar-refractivity contribution in [2.45, 2.75) is 18.9 Å². The fourth-order valence-electron chi connectivity index (χ4n) is 2.05. The third kappa shape index (κ3) is 3.04. The average molecular weight is 331 g/mol. The zero-order valence-corrected chi connectivity index (χ0v) is 11.5. The summed E-state index contributed by atoms with van der Waals surface area (Å²) >= 11 is 3.18. The van der Waals surface area contributed by atoms with Gasteiger partial charge in [0.15, 0.2) is 0 Å². The van der Waals surface area contributed by atoms with Gasteiger partial charge in [0.05, 0.1) is 5.69 Å². The molecule has 0 saturated carbocycles. The van der Waals surface area contributed by atoms with Crippen LogP contribution in [0, 0.1) is 5.82 Å². The summed E-state index contributed by atoms with van der Waals surface area (Å²) in [5, 5.41) is 11.4. The molecule has 0 unspecified atom stereocenters. The van der Waals surface area contributed by atoms with Gasteiger partial charge >= 0.3 is 12.0 Å². The van der Waals surface area contributed by atoms with Crippen molar-refractivity contribution in [1.29, 1.82) is 0 Å². The van der Waals surface area contributed by atoms with Crippen LogP contribution < -0.4 is 5.32 Å². The Morgan fingerprint density at radius 1 is 1.47 bits per heavy atom. The maximum Gasteiger partial charge on any atom is 0.326 e. The van der Waals surface area contributed by atoms with E-state index in [0.29, 0.717) is 23.9 Å². The number of carboxylic acid groups (broad SMARTS) is 1. The minimum absolute atomic E-state index is 0.0235. The normalized spacial score (nSPS) is 18.4. The van der Waals surface area contributed by atoms with Gasteiger partial charge in [0.1, 0.15) is 11.9 Å². The van der Waals surface area contributed by atoms with Crippen LogP contribution in [-0.4, -0.2) is 34.6 Å². The maximum atomic E-state index is 13.5. The lowest BCUT2D eigenvalue weighted by Crippen LogP contribution is -2.42. The van der Waals surface area contributed by atoms with E-state index < -0.39 is 23.9 Å². The van der Waals surface area contributed by atoms with Gasteiger partial charge in [-0.15, -0.1) is 0 Å². The highest BCUT2D eigenvalue weighted by atomic mass is 79.9. The Morgan fingerprint density at radius 3 is 2.89 bits per heavy atom. The minimum atomic E-state index is -1.04. The number of nitrogens with one attached hydrogen (secondary N) is 1. The quantitative estimate of drug-likeness (QED) is 0.875. The first-order chi connectivity index (χ1) is 8.99. The van der Waals surface area contributed by atoms with Crippen molar-refractivity contribution in [3.8, 4) is 0 Å². The zero-order chi connectivity index (χ0) is 14.0. The number of carbonyl (C=O) groups is 2. The first-order valence-corrected chi connectivity index (χ1v) is 6.54. The van der Waals surface area contributed by atoms with Crippen LogP contribution in [0.4, 0.5) is 14.9 Å². The van der Waals surface area contributed by atoms with E-state index in [2.05, 4.69) is 21.2 Å². The number of aliphatic carboxylic acids is 1. The molecule has 0 radical (unpaired) electrons. The van der Waals surface area contributed by atoms with Crippen molar-refractivity contribution in [3.63, 3.8) is 0 Å². The summed E-state index contributed by atoms with van der Waals surface area (Å²) in [6.07, 6.45) is 1.05. The fraction of sp³-hybridized carbons (Fsp3) is 0.333. The molecule has 1 aromatic rings. The van der Waals surface area contributed by atoms with Crippen LogP contribution in [0.3, 0.4) is 0 Å². The van der Waals surface area contributed by atoms with Crippen LogP contribution in [-0.2, 0) is 4.79 Å². The fourth-order valence-corrected chi connectivity index (χ4v) is 2.41. The van der Waals surface area contributed by atoms with Crippen molar-refractivity contribution in [2.75, 3.05) is 11.9 Å². The van der Waals surface area contributed by atoms with Crippen LogP contribution in [0.15, 0.2) is 22.7 Å². The number of hydrogen-bond donors (Lipinski definition) is 2. The number of halogens is 2. The van der Waals surface area contributed by atoms with E-state index in [4.69, 9.17) is 5.11 Å². The summed E-state index contributed by atoms with van der Waals surface area (Å²) < 4.78 is 14.1. The number of anilines is 1. The predicted octanol–water partition coefficient (Wildman–Crippen LogP) is 2.67. The molecule has 19 heavy (non-hydrogen) atoms. The molecule has 1 aliphatic heterocycles. The lowest BCUT2D eigenvalue weighted by Gasteiger charge is -2.22. The molecule has 0 aliphatic carbocycles. The van der Waals surface area contributed by atoms with Crippen LogP contribution in [0.5, 0.6) is 0 Å². The molecule has 0 bridgehead atoms. The number of hydrogen-bond acceptors (Lipinski definition) is 2. The summed E-state index contributed by atoms with van der Waals surface area (Å²) in [6, 6.07) is 2.73. The number of likely N-dealkylation sites (tertiary alicyclic amines) is 1. The highest BCUT2D eigenvalue weighted by molar-refractivity contribution is 9.10. The highest BCUT2D eigenvalue weighted by Gasteiger charge is 2.34. The van der Waals surface area contributed by atoms with Gasteiger partial charge in [-0.25, -0.2) is 14.0 Å². The molecule has 0 aromatic heterocycles. The van der Waals surface area contributed by atoms with Gasteiger partial charge in [-0.2, -0.15) is 0 Å². The van der Waals surface area contributed by atoms with Crippen molar-refractivity contribution in [3.05, 3.63) is 28.5 Å². The van der Waals surface area contributed by atoms with Crippen molar-refractivity contribution < 1.29 is 19.1 Å². The largest absolute Gasteiger partial charge is 0.480 e. The summed E-state index contributed by atoms with van der Waals surface area (Å²) in [6.45, 7) is 0.360. The van der Waals surface area contributed by atoms with Crippen molar-refractivity contribution in [1.82, 2.24) is 4.90 Å². The monoisotopic (exact) mass is 330 g/mol. The first-order valence-electron chi connectivity index (χ1n) is 5.74. The lowest BCUT2D eigenvalue weighted by atomic mass is 10.2. The molecule has 1 aliphatic rings. The molecule has 1 fully saturated rings. The highest BCUT2D eigenvalue weighted by Crippen LogP contribution is 2.23.